The Hall–Kier alpha value is -3.59. The summed E-state index contributed by atoms with van der Waals surface area (Å²) in [7, 11) is 6.36. The second-order valence-electron chi connectivity index (χ2n) is 8.99. The van der Waals surface area contributed by atoms with Crippen molar-refractivity contribution >= 4 is 34.1 Å². The number of benzene rings is 3. The summed E-state index contributed by atoms with van der Waals surface area (Å²) in [6.07, 6.45) is 0. The van der Waals surface area contributed by atoms with Gasteiger partial charge in [0, 0.05) is 29.0 Å². The molecule has 0 aliphatic rings. The molecular weight excluding hydrogens is 432 g/mol. The Morgan fingerprint density at radius 3 is 2.45 bits per heavy atom. The van der Waals surface area contributed by atoms with Crippen molar-refractivity contribution < 1.29 is 4.79 Å². The zero-order chi connectivity index (χ0) is 23.6. The zero-order valence-electron chi connectivity index (χ0n) is 19.0. The van der Waals surface area contributed by atoms with Crippen LogP contribution in [0.5, 0.6) is 0 Å². The summed E-state index contributed by atoms with van der Waals surface area (Å²) >= 11 is 6.20. The summed E-state index contributed by atoms with van der Waals surface area (Å²) in [5.41, 5.74) is 5.24. The lowest BCUT2D eigenvalue weighted by atomic mass is 10.1. The lowest BCUT2D eigenvalue weighted by Crippen LogP contribution is -2.34. The summed E-state index contributed by atoms with van der Waals surface area (Å²) < 4.78 is 2.71. The number of rotatable bonds is 6. The van der Waals surface area contributed by atoms with Gasteiger partial charge in [-0.15, -0.1) is 0 Å². The van der Waals surface area contributed by atoms with Gasteiger partial charge >= 0.3 is 0 Å². The molecule has 4 rings (SSSR count). The van der Waals surface area contributed by atoms with Crippen LogP contribution in [0.1, 0.15) is 27.2 Å². The molecule has 0 saturated carbocycles. The van der Waals surface area contributed by atoms with Gasteiger partial charge in [-0.05, 0) is 59.7 Å². The SMILES string of the molecule is C[N+](C)(C)c1ccc(CNC(=O)c2cc3cc(Cl)ccc3n2Cc2cccc(C#N)c2)cc1. The fourth-order valence-corrected chi connectivity index (χ4v) is 4.04. The van der Waals surface area contributed by atoms with Crippen LogP contribution in [-0.2, 0) is 13.1 Å². The molecule has 166 valence electrons. The van der Waals surface area contributed by atoms with Gasteiger partial charge in [0.1, 0.15) is 11.4 Å². The first kappa shape index (κ1) is 22.6. The van der Waals surface area contributed by atoms with Crippen LogP contribution in [0.3, 0.4) is 0 Å². The third-order valence-electron chi connectivity index (χ3n) is 5.66. The number of carbonyl (C=O) groups excluding carboxylic acids is 1. The van der Waals surface area contributed by atoms with Crippen LogP contribution in [0.15, 0.2) is 72.8 Å². The molecule has 3 aromatic carbocycles. The molecule has 5 nitrogen and oxygen atoms in total. The van der Waals surface area contributed by atoms with Crippen molar-refractivity contribution in [1.82, 2.24) is 14.4 Å². The van der Waals surface area contributed by atoms with E-state index in [0.29, 0.717) is 29.4 Å². The van der Waals surface area contributed by atoms with Crippen molar-refractivity contribution in [2.24, 2.45) is 0 Å². The predicted octanol–water partition coefficient (Wildman–Crippen LogP) is 5.34. The Morgan fingerprint density at radius 1 is 1.00 bits per heavy atom. The third-order valence-corrected chi connectivity index (χ3v) is 5.89. The van der Waals surface area contributed by atoms with Crippen molar-refractivity contribution in [2.45, 2.75) is 13.1 Å². The maximum Gasteiger partial charge on any atom is 0.268 e. The Bertz CT molecular complexity index is 1360. The van der Waals surface area contributed by atoms with E-state index in [9.17, 15) is 10.1 Å². The second kappa shape index (κ2) is 9.11. The monoisotopic (exact) mass is 457 g/mol. The number of fused-ring (bicyclic) bond motifs is 1. The normalized spacial score (nSPS) is 11.4. The quantitative estimate of drug-likeness (QED) is 0.397. The lowest BCUT2D eigenvalue weighted by molar-refractivity contribution is 0.0942. The number of nitrogens with zero attached hydrogens (tertiary/aromatic N) is 3. The number of amides is 1. The van der Waals surface area contributed by atoms with Crippen molar-refractivity contribution in [3.63, 3.8) is 0 Å². The zero-order valence-corrected chi connectivity index (χ0v) is 19.7. The van der Waals surface area contributed by atoms with Gasteiger partial charge in [-0.25, -0.2) is 0 Å². The van der Waals surface area contributed by atoms with Gasteiger partial charge in [0.25, 0.3) is 5.91 Å². The standard InChI is InChI=1S/C27H25ClN4O/c1-32(2,3)24-10-7-19(8-11-24)17-30-27(33)26-15-22-14-23(28)9-12-25(22)31(26)18-21-6-4-5-20(13-21)16-29/h4-15H,17-18H2,1-3H3/p+1. The van der Waals surface area contributed by atoms with E-state index < -0.39 is 0 Å². The first-order valence-corrected chi connectivity index (χ1v) is 11.1. The van der Waals surface area contributed by atoms with Gasteiger partial charge in [-0.3, -0.25) is 9.28 Å². The minimum atomic E-state index is -0.158. The number of halogens is 1. The first-order valence-electron chi connectivity index (χ1n) is 10.7. The topological polar surface area (TPSA) is 57.8 Å². The van der Waals surface area contributed by atoms with E-state index in [1.54, 1.807) is 6.07 Å². The molecule has 1 aromatic heterocycles. The largest absolute Gasteiger partial charge is 0.347 e. The van der Waals surface area contributed by atoms with E-state index in [4.69, 9.17) is 11.6 Å². The average Bonchev–Trinajstić information content (AvgIpc) is 3.14. The minimum Gasteiger partial charge on any atom is -0.347 e. The van der Waals surface area contributed by atoms with Gasteiger partial charge in [0.2, 0.25) is 0 Å². The number of nitriles is 1. The lowest BCUT2D eigenvalue weighted by Gasteiger charge is -2.23. The molecule has 0 aliphatic heterocycles. The highest BCUT2D eigenvalue weighted by molar-refractivity contribution is 6.31. The van der Waals surface area contributed by atoms with E-state index in [2.05, 4.69) is 44.7 Å². The Labute approximate surface area is 199 Å². The Kier molecular flexibility index (Phi) is 6.24. The summed E-state index contributed by atoms with van der Waals surface area (Å²) in [6.45, 7) is 0.907. The third kappa shape index (κ3) is 5.09. The van der Waals surface area contributed by atoms with Gasteiger partial charge < -0.3 is 9.88 Å². The van der Waals surface area contributed by atoms with Crippen molar-refractivity contribution in [3.05, 3.63) is 100 Å². The first-order chi connectivity index (χ1) is 15.7. The molecule has 0 spiro atoms. The number of quaternary nitrogens is 1. The molecule has 0 bridgehead atoms. The van der Waals surface area contributed by atoms with Crippen LogP contribution in [-0.4, -0.2) is 31.6 Å². The molecular formula is C27H26ClN4O+. The van der Waals surface area contributed by atoms with E-state index in [0.717, 1.165) is 26.5 Å². The second-order valence-corrected chi connectivity index (χ2v) is 9.43. The number of hydrogen-bond acceptors (Lipinski definition) is 2. The van der Waals surface area contributed by atoms with Crippen LogP contribution in [0, 0.1) is 11.3 Å². The summed E-state index contributed by atoms with van der Waals surface area (Å²) in [6, 6.07) is 25.3. The molecule has 0 saturated heterocycles. The minimum absolute atomic E-state index is 0.158. The molecule has 4 aromatic rings. The maximum absolute atomic E-state index is 13.2. The summed E-state index contributed by atoms with van der Waals surface area (Å²) in [5, 5.41) is 13.8. The van der Waals surface area contributed by atoms with Crippen molar-refractivity contribution in [1.29, 1.82) is 5.26 Å². The van der Waals surface area contributed by atoms with E-state index >= 15 is 0 Å². The highest BCUT2D eigenvalue weighted by Crippen LogP contribution is 2.25. The number of hydrogen-bond donors (Lipinski definition) is 1. The van der Waals surface area contributed by atoms with Gasteiger partial charge in [-0.1, -0.05) is 35.9 Å². The summed E-state index contributed by atoms with van der Waals surface area (Å²) in [5.74, 6) is -0.158. The molecule has 0 fully saturated rings. The molecule has 0 atom stereocenters. The Morgan fingerprint density at radius 2 is 1.76 bits per heavy atom. The van der Waals surface area contributed by atoms with Crippen molar-refractivity contribution in [2.75, 3.05) is 21.1 Å². The maximum atomic E-state index is 13.2. The van der Waals surface area contributed by atoms with Gasteiger partial charge in [0.05, 0.1) is 32.8 Å². The molecule has 1 heterocycles. The van der Waals surface area contributed by atoms with Crippen LogP contribution >= 0.6 is 11.6 Å². The molecule has 1 N–H and O–H groups in total. The van der Waals surface area contributed by atoms with E-state index in [1.807, 2.05) is 59.2 Å². The molecule has 33 heavy (non-hydrogen) atoms. The predicted molar refractivity (Wildman–Crippen MR) is 134 cm³/mol. The van der Waals surface area contributed by atoms with Crippen LogP contribution in [0.4, 0.5) is 5.69 Å². The molecule has 0 aliphatic carbocycles. The van der Waals surface area contributed by atoms with E-state index in [1.165, 1.54) is 5.69 Å². The highest BCUT2D eigenvalue weighted by Gasteiger charge is 2.17. The number of aromatic nitrogens is 1. The van der Waals surface area contributed by atoms with Crippen LogP contribution in [0.2, 0.25) is 5.02 Å². The molecule has 0 radical (unpaired) electrons. The fourth-order valence-electron chi connectivity index (χ4n) is 3.86. The molecule has 0 unspecified atom stereocenters. The fraction of sp³-hybridized carbons (Fsp3) is 0.185. The average molecular weight is 458 g/mol. The van der Waals surface area contributed by atoms with Gasteiger partial charge in [0.15, 0.2) is 0 Å². The molecule has 1 amide bonds. The van der Waals surface area contributed by atoms with Crippen LogP contribution < -0.4 is 9.80 Å². The van der Waals surface area contributed by atoms with Crippen molar-refractivity contribution in [3.8, 4) is 6.07 Å². The van der Waals surface area contributed by atoms with E-state index in [-0.39, 0.29) is 5.91 Å². The van der Waals surface area contributed by atoms with Gasteiger partial charge in [-0.2, -0.15) is 5.26 Å². The Balaban J connectivity index is 1.61. The smallest absolute Gasteiger partial charge is 0.268 e. The van der Waals surface area contributed by atoms with Crippen LogP contribution in [0.25, 0.3) is 10.9 Å². The number of nitrogens with one attached hydrogen (secondary N) is 1. The molecule has 6 heteroatoms. The summed E-state index contributed by atoms with van der Waals surface area (Å²) in [4.78, 5) is 13.2. The number of carbonyl (C=O) groups is 1. The highest BCUT2D eigenvalue weighted by atomic mass is 35.5.